The van der Waals surface area contributed by atoms with Gasteiger partial charge in [0, 0.05) is 6.54 Å². The molecule has 0 fully saturated rings. The molecule has 1 unspecified atom stereocenters. The van der Waals surface area contributed by atoms with Crippen molar-refractivity contribution < 1.29 is 4.39 Å². The predicted octanol–water partition coefficient (Wildman–Crippen LogP) is 0.746. The van der Waals surface area contributed by atoms with Gasteiger partial charge in [-0.2, -0.15) is 4.39 Å². The van der Waals surface area contributed by atoms with Crippen molar-refractivity contribution in [2.45, 2.75) is 12.5 Å². The Kier molecular flexibility index (Phi) is 4.09. The maximum Gasteiger partial charge on any atom is 0.328 e. The van der Waals surface area contributed by atoms with Gasteiger partial charge in [0.15, 0.2) is 0 Å². The smallest absolute Gasteiger partial charge is 0.328 e. The number of aromatic amines is 1. The number of nitrogens with zero attached hydrogens (tertiary/aromatic N) is 1. The lowest BCUT2D eigenvalue weighted by atomic mass is 9.99. The molecule has 2 rings (SSSR count). The van der Waals surface area contributed by atoms with Crippen molar-refractivity contribution in [3.8, 4) is 0 Å². The topological polar surface area (TPSA) is 80.9 Å². The second-order valence-electron chi connectivity index (χ2n) is 4.25. The van der Waals surface area contributed by atoms with Gasteiger partial charge in [0.25, 0.3) is 5.56 Å². The summed E-state index contributed by atoms with van der Waals surface area (Å²) in [6.07, 6.45) is 0.857. The molecule has 0 radical (unpaired) electrons. The first-order valence-corrected chi connectivity index (χ1v) is 6.23. The zero-order chi connectivity index (χ0) is 14.7. The van der Waals surface area contributed by atoms with Gasteiger partial charge in [-0.05, 0) is 5.56 Å². The van der Waals surface area contributed by atoms with Gasteiger partial charge in [-0.25, -0.2) is 4.79 Å². The minimum atomic E-state index is -1.04. The average Bonchev–Trinajstić information content (AvgIpc) is 2.42. The van der Waals surface area contributed by atoms with Crippen molar-refractivity contribution in [3.63, 3.8) is 0 Å². The molecule has 1 heterocycles. The third-order valence-electron chi connectivity index (χ3n) is 2.89. The van der Waals surface area contributed by atoms with Gasteiger partial charge in [0.2, 0.25) is 5.82 Å². The van der Waals surface area contributed by atoms with Crippen molar-refractivity contribution in [1.82, 2.24) is 9.55 Å². The fourth-order valence-electron chi connectivity index (χ4n) is 1.86. The van der Waals surface area contributed by atoms with Gasteiger partial charge in [0.1, 0.15) is 0 Å². The van der Waals surface area contributed by atoms with Gasteiger partial charge >= 0.3 is 5.69 Å². The first-order chi connectivity index (χ1) is 9.49. The average molecular weight is 293 g/mol. The number of aromatic nitrogens is 2. The molecular weight excluding hydrogens is 281 g/mol. The van der Waals surface area contributed by atoms with E-state index >= 15 is 0 Å². The Balaban J connectivity index is 2.40. The number of H-pyrrole nitrogens is 1. The molecule has 104 valence electrons. The summed E-state index contributed by atoms with van der Waals surface area (Å²) in [5.41, 5.74) is 4.76. The van der Waals surface area contributed by atoms with Crippen LogP contribution in [0.25, 0.3) is 0 Å². The van der Waals surface area contributed by atoms with Crippen LogP contribution in [0.1, 0.15) is 11.5 Å². The molecule has 0 bridgehead atoms. The van der Waals surface area contributed by atoms with E-state index in [2.05, 4.69) is 0 Å². The van der Waals surface area contributed by atoms with Gasteiger partial charge < -0.3 is 5.73 Å². The van der Waals surface area contributed by atoms with E-state index < -0.39 is 23.0 Å². The molecule has 5 nitrogen and oxygen atoms in total. The van der Waals surface area contributed by atoms with E-state index in [4.69, 9.17) is 18.0 Å². The van der Waals surface area contributed by atoms with E-state index in [1.165, 1.54) is 0 Å². The molecule has 2 aromatic rings. The second kappa shape index (κ2) is 5.79. The largest absolute Gasteiger partial charge is 0.393 e. The zero-order valence-electron chi connectivity index (χ0n) is 10.4. The van der Waals surface area contributed by atoms with Gasteiger partial charge in [-0.15, -0.1) is 0 Å². The van der Waals surface area contributed by atoms with Crippen molar-refractivity contribution in [1.29, 1.82) is 0 Å². The monoisotopic (exact) mass is 293 g/mol. The fraction of sp³-hybridized carbons (Fsp3) is 0.154. The molecule has 0 aliphatic carbocycles. The van der Waals surface area contributed by atoms with Crippen molar-refractivity contribution >= 4 is 17.2 Å². The highest BCUT2D eigenvalue weighted by atomic mass is 32.1. The van der Waals surface area contributed by atoms with Crippen molar-refractivity contribution in [2.75, 3.05) is 0 Å². The van der Waals surface area contributed by atoms with Crippen LogP contribution in [0.2, 0.25) is 0 Å². The summed E-state index contributed by atoms with van der Waals surface area (Å²) >= 11 is 5.00. The number of nitrogens with one attached hydrogen (secondary N) is 1. The number of benzene rings is 1. The summed E-state index contributed by atoms with van der Waals surface area (Å²) in [7, 11) is 0. The van der Waals surface area contributed by atoms with E-state index in [1.807, 2.05) is 35.3 Å². The first kappa shape index (κ1) is 14.1. The van der Waals surface area contributed by atoms with Crippen LogP contribution in [-0.2, 0) is 6.54 Å². The highest BCUT2D eigenvalue weighted by Gasteiger charge is 2.16. The standard InChI is InChI=1S/C13H12FN3O2S/c14-10-7-17(13(19)16-12(10)18)6-9(11(15)20)8-4-2-1-3-5-8/h1-5,7,9H,6H2,(H2,15,20)(H,16,18,19). The SMILES string of the molecule is NC(=S)C(Cn1cc(F)c(=O)[nH]c1=O)c1ccccc1. The quantitative estimate of drug-likeness (QED) is 0.815. The molecule has 3 N–H and O–H groups in total. The maximum atomic E-state index is 13.2. The van der Waals surface area contributed by atoms with Crippen LogP contribution in [0.3, 0.4) is 0 Å². The van der Waals surface area contributed by atoms with Crippen molar-refractivity contribution in [3.05, 3.63) is 68.7 Å². The number of halogens is 1. The minimum Gasteiger partial charge on any atom is -0.393 e. The molecule has 7 heteroatoms. The highest BCUT2D eigenvalue weighted by Crippen LogP contribution is 2.17. The zero-order valence-corrected chi connectivity index (χ0v) is 11.2. The molecular formula is C13H12FN3O2S. The number of rotatable bonds is 4. The summed E-state index contributed by atoms with van der Waals surface area (Å²) in [6, 6.07) is 9.10. The predicted molar refractivity (Wildman–Crippen MR) is 77.2 cm³/mol. The fourth-order valence-corrected chi connectivity index (χ4v) is 2.07. The lowest BCUT2D eigenvalue weighted by molar-refractivity contribution is 0.542. The third kappa shape index (κ3) is 3.00. The molecule has 0 aliphatic heterocycles. The molecule has 0 saturated heterocycles. The lowest BCUT2D eigenvalue weighted by Gasteiger charge is -2.17. The minimum absolute atomic E-state index is 0.0614. The second-order valence-corrected chi connectivity index (χ2v) is 4.73. The van der Waals surface area contributed by atoms with Gasteiger partial charge in [-0.3, -0.25) is 14.3 Å². The molecule has 0 spiro atoms. The number of thiocarbonyl (C=S) groups is 1. The van der Waals surface area contributed by atoms with Crippen LogP contribution in [0, 0.1) is 5.82 Å². The van der Waals surface area contributed by atoms with Gasteiger partial charge in [-0.1, -0.05) is 42.5 Å². The van der Waals surface area contributed by atoms with E-state index in [0.717, 1.165) is 16.3 Å². The number of hydrogen-bond acceptors (Lipinski definition) is 3. The van der Waals surface area contributed by atoms with Crippen molar-refractivity contribution in [2.24, 2.45) is 5.73 Å². The molecule has 1 aromatic heterocycles. The summed E-state index contributed by atoms with van der Waals surface area (Å²) in [5.74, 6) is -1.45. The van der Waals surface area contributed by atoms with Crippen LogP contribution < -0.4 is 17.0 Å². The first-order valence-electron chi connectivity index (χ1n) is 5.82. The molecule has 1 atom stereocenters. The van der Waals surface area contributed by atoms with Crippen LogP contribution in [0.4, 0.5) is 4.39 Å². The van der Waals surface area contributed by atoms with Crippen LogP contribution in [0.15, 0.2) is 46.1 Å². The number of nitrogens with two attached hydrogens (primary N) is 1. The van der Waals surface area contributed by atoms with Crippen LogP contribution >= 0.6 is 12.2 Å². The van der Waals surface area contributed by atoms with E-state index in [0.29, 0.717) is 0 Å². The Morgan fingerprint density at radius 1 is 1.35 bits per heavy atom. The Morgan fingerprint density at radius 3 is 2.60 bits per heavy atom. The Hall–Kier alpha value is -2.28. The van der Waals surface area contributed by atoms with E-state index in [9.17, 15) is 14.0 Å². The van der Waals surface area contributed by atoms with Crippen LogP contribution in [0.5, 0.6) is 0 Å². The molecule has 0 amide bonds. The Bertz CT molecular complexity index is 739. The molecule has 0 aliphatic rings. The summed E-state index contributed by atoms with van der Waals surface area (Å²) < 4.78 is 14.3. The lowest BCUT2D eigenvalue weighted by Crippen LogP contribution is -2.35. The maximum absolute atomic E-state index is 13.2. The molecule has 0 saturated carbocycles. The van der Waals surface area contributed by atoms with E-state index in [-0.39, 0.29) is 11.5 Å². The van der Waals surface area contributed by atoms with Gasteiger partial charge in [0.05, 0.1) is 17.1 Å². The molecule has 20 heavy (non-hydrogen) atoms. The summed E-state index contributed by atoms with van der Waals surface area (Å²) in [5, 5.41) is 0. The molecule has 1 aromatic carbocycles. The Labute approximate surface area is 118 Å². The highest BCUT2D eigenvalue weighted by molar-refractivity contribution is 7.80. The van der Waals surface area contributed by atoms with Crippen LogP contribution in [-0.4, -0.2) is 14.5 Å². The third-order valence-corrected chi connectivity index (χ3v) is 3.18. The Morgan fingerprint density at radius 2 is 2.00 bits per heavy atom. The van der Waals surface area contributed by atoms with E-state index in [1.54, 1.807) is 0 Å². The number of hydrogen-bond donors (Lipinski definition) is 2. The summed E-state index contributed by atoms with van der Waals surface area (Å²) in [4.78, 5) is 24.7. The summed E-state index contributed by atoms with van der Waals surface area (Å²) in [6.45, 7) is 0.0614. The normalized spacial score (nSPS) is 12.1.